The van der Waals surface area contributed by atoms with Crippen LogP contribution in [-0.4, -0.2) is 47.9 Å². The van der Waals surface area contributed by atoms with Crippen molar-refractivity contribution >= 4 is 23.4 Å². The number of aryl methyl sites for hydroxylation is 3. The third-order valence-electron chi connectivity index (χ3n) is 4.98. The molecule has 1 fully saturated rings. The Morgan fingerprint density at radius 1 is 1.15 bits per heavy atom. The molecule has 5 nitrogen and oxygen atoms in total. The Labute approximate surface area is 159 Å². The molecular formula is C20H27N3O2S. The maximum absolute atomic E-state index is 12.5. The van der Waals surface area contributed by atoms with E-state index in [1.54, 1.807) is 11.8 Å². The molecule has 0 atom stereocenters. The number of para-hydroxylation sites is 1. The number of hydrogen-bond acceptors (Lipinski definition) is 5. The SMILES string of the molecule is Cc1ccccc1N1CCN(C(=O)CCSCc2c(C)noc2C)CC1. The molecule has 0 aliphatic carbocycles. The molecule has 6 heteroatoms. The summed E-state index contributed by atoms with van der Waals surface area (Å²) >= 11 is 1.77. The quantitative estimate of drug-likeness (QED) is 0.725. The smallest absolute Gasteiger partial charge is 0.223 e. The van der Waals surface area contributed by atoms with Gasteiger partial charge in [0, 0.05) is 55.4 Å². The second-order valence-electron chi connectivity index (χ2n) is 6.76. The lowest BCUT2D eigenvalue weighted by Gasteiger charge is -2.36. The first-order chi connectivity index (χ1) is 12.6. The first kappa shape index (κ1) is 18.8. The predicted octanol–water partition coefficient (Wildman–Crippen LogP) is 3.57. The first-order valence-electron chi connectivity index (χ1n) is 9.14. The number of amides is 1. The summed E-state index contributed by atoms with van der Waals surface area (Å²) in [7, 11) is 0. The zero-order valence-electron chi connectivity index (χ0n) is 15.8. The Bertz CT molecular complexity index is 732. The molecule has 1 aromatic carbocycles. The fourth-order valence-corrected chi connectivity index (χ4v) is 4.39. The van der Waals surface area contributed by atoms with Crippen LogP contribution in [0.5, 0.6) is 0 Å². The zero-order chi connectivity index (χ0) is 18.5. The van der Waals surface area contributed by atoms with Crippen LogP contribution in [0.1, 0.15) is 29.0 Å². The summed E-state index contributed by atoms with van der Waals surface area (Å²) in [5.41, 5.74) is 4.69. The number of carbonyl (C=O) groups excluding carboxylic acids is 1. The average Bonchev–Trinajstić information content (AvgIpc) is 2.97. The Kier molecular flexibility index (Phi) is 6.25. The van der Waals surface area contributed by atoms with Crippen LogP contribution in [0.25, 0.3) is 0 Å². The van der Waals surface area contributed by atoms with Gasteiger partial charge < -0.3 is 14.3 Å². The average molecular weight is 374 g/mol. The number of piperazine rings is 1. The molecule has 0 spiro atoms. The molecule has 26 heavy (non-hydrogen) atoms. The number of nitrogens with zero attached hydrogens (tertiary/aromatic N) is 3. The normalized spacial score (nSPS) is 14.7. The van der Waals surface area contributed by atoms with Crippen LogP contribution in [0.4, 0.5) is 5.69 Å². The van der Waals surface area contributed by atoms with E-state index in [4.69, 9.17) is 4.52 Å². The van der Waals surface area contributed by atoms with E-state index in [9.17, 15) is 4.79 Å². The molecule has 0 bridgehead atoms. The van der Waals surface area contributed by atoms with Crippen molar-refractivity contribution in [1.29, 1.82) is 0 Å². The highest BCUT2D eigenvalue weighted by atomic mass is 32.2. The maximum Gasteiger partial charge on any atom is 0.223 e. The molecule has 1 aromatic heterocycles. The van der Waals surface area contributed by atoms with Crippen molar-refractivity contribution in [3.8, 4) is 0 Å². The fourth-order valence-electron chi connectivity index (χ4n) is 3.31. The monoisotopic (exact) mass is 373 g/mol. The van der Waals surface area contributed by atoms with E-state index >= 15 is 0 Å². The lowest BCUT2D eigenvalue weighted by molar-refractivity contribution is -0.131. The summed E-state index contributed by atoms with van der Waals surface area (Å²) in [4.78, 5) is 16.9. The van der Waals surface area contributed by atoms with Gasteiger partial charge in [-0.25, -0.2) is 0 Å². The molecule has 0 N–H and O–H groups in total. The summed E-state index contributed by atoms with van der Waals surface area (Å²) in [5, 5.41) is 3.97. The van der Waals surface area contributed by atoms with Gasteiger partial charge in [0.15, 0.2) is 0 Å². The van der Waals surface area contributed by atoms with E-state index in [1.807, 2.05) is 18.7 Å². The van der Waals surface area contributed by atoms with Crippen molar-refractivity contribution in [2.45, 2.75) is 32.9 Å². The lowest BCUT2D eigenvalue weighted by Crippen LogP contribution is -2.49. The van der Waals surface area contributed by atoms with Crippen LogP contribution >= 0.6 is 11.8 Å². The highest BCUT2D eigenvalue weighted by Gasteiger charge is 2.21. The van der Waals surface area contributed by atoms with Gasteiger partial charge in [0.25, 0.3) is 0 Å². The van der Waals surface area contributed by atoms with Gasteiger partial charge in [-0.2, -0.15) is 11.8 Å². The Hall–Kier alpha value is -1.95. The highest BCUT2D eigenvalue weighted by Crippen LogP contribution is 2.22. The van der Waals surface area contributed by atoms with Crippen LogP contribution in [0.2, 0.25) is 0 Å². The number of rotatable bonds is 6. The molecule has 1 aliphatic rings. The minimum atomic E-state index is 0.265. The van der Waals surface area contributed by atoms with E-state index < -0.39 is 0 Å². The van der Waals surface area contributed by atoms with Gasteiger partial charge >= 0.3 is 0 Å². The van der Waals surface area contributed by atoms with Crippen molar-refractivity contribution in [1.82, 2.24) is 10.1 Å². The number of aromatic nitrogens is 1. The number of hydrogen-bond donors (Lipinski definition) is 0. The Balaban J connectivity index is 1.41. The number of benzene rings is 1. The van der Waals surface area contributed by atoms with Crippen LogP contribution < -0.4 is 4.90 Å². The molecule has 2 aromatic rings. The summed E-state index contributed by atoms with van der Waals surface area (Å²) in [6.45, 7) is 9.47. The molecule has 1 amide bonds. The van der Waals surface area contributed by atoms with Crippen LogP contribution in [0, 0.1) is 20.8 Å². The number of thioether (sulfide) groups is 1. The minimum absolute atomic E-state index is 0.265. The highest BCUT2D eigenvalue weighted by molar-refractivity contribution is 7.98. The third kappa shape index (κ3) is 4.41. The van der Waals surface area contributed by atoms with E-state index in [1.165, 1.54) is 11.3 Å². The summed E-state index contributed by atoms with van der Waals surface area (Å²) in [5.74, 6) is 2.84. The lowest BCUT2D eigenvalue weighted by atomic mass is 10.1. The second-order valence-corrected chi connectivity index (χ2v) is 7.86. The van der Waals surface area contributed by atoms with Crippen molar-refractivity contribution in [2.75, 3.05) is 36.8 Å². The van der Waals surface area contributed by atoms with Crippen LogP contribution in [0.15, 0.2) is 28.8 Å². The molecule has 3 rings (SSSR count). The zero-order valence-corrected chi connectivity index (χ0v) is 16.6. The van der Waals surface area contributed by atoms with Crippen LogP contribution in [-0.2, 0) is 10.5 Å². The van der Waals surface area contributed by atoms with Gasteiger partial charge in [-0.15, -0.1) is 0 Å². The van der Waals surface area contributed by atoms with E-state index in [0.29, 0.717) is 6.42 Å². The van der Waals surface area contributed by atoms with Gasteiger partial charge in [-0.05, 0) is 32.4 Å². The van der Waals surface area contributed by atoms with Crippen molar-refractivity contribution in [2.24, 2.45) is 0 Å². The topological polar surface area (TPSA) is 49.6 Å². The van der Waals surface area contributed by atoms with E-state index in [-0.39, 0.29) is 5.91 Å². The molecule has 0 saturated carbocycles. The Morgan fingerprint density at radius 3 is 2.54 bits per heavy atom. The van der Waals surface area contributed by atoms with Crippen LogP contribution in [0.3, 0.4) is 0 Å². The van der Waals surface area contributed by atoms with Gasteiger partial charge in [0.05, 0.1) is 5.69 Å². The second kappa shape index (κ2) is 8.62. The summed E-state index contributed by atoms with van der Waals surface area (Å²) < 4.78 is 5.18. The summed E-state index contributed by atoms with van der Waals surface area (Å²) in [6, 6.07) is 8.45. The molecule has 140 valence electrons. The van der Waals surface area contributed by atoms with Crippen molar-refractivity contribution in [3.63, 3.8) is 0 Å². The molecule has 2 heterocycles. The first-order valence-corrected chi connectivity index (χ1v) is 10.3. The van der Waals surface area contributed by atoms with Gasteiger partial charge in [0.2, 0.25) is 5.91 Å². The van der Waals surface area contributed by atoms with Gasteiger partial charge in [-0.3, -0.25) is 4.79 Å². The molecule has 0 radical (unpaired) electrons. The molecule has 1 saturated heterocycles. The largest absolute Gasteiger partial charge is 0.368 e. The minimum Gasteiger partial charge on any atom is -0.368 e. The number of anilines is 1. The van der Waals surface area contributed by atoms with Gasteiger partial charge in [-0.1, -0.05) is 23.4 Å². The predicted molar refractivity (Wildman–Crippen MR) is 107 cm³/mol. The fraction of sp³-hybridized carbons (Fsp3) is 0.500. The van der Waals surface area contributed by atoms with E-state index in [2.05, 4.69) is 41.2 Å². The number of carbonyl (C=O) groups is 1. The third-order valence-corrected chi connectivity index (χ3v) is 5.96. The Morgan fingerprint density at radius 2 is 1.88 bits per heavy atom. The summed E-state index contributed by atoms with van der Waals surface area (Å²) in [6.07, 6.45) is 0.596. The maximum atomic E-state index is 12.5. The standard InChI is InChI=1S/C20H27N3O2S/c1-15-6-4-5-7-19(15)22-9-11-23(12-10-22)20(24)8-13-26-14-18-16(2)21-25-17(18)3/h4-7H,8-14H2,1-3H3. The van der Waals surface area contributed by atoms with Gasteiger partial charge in [0.1, 0.15) is 5.76 Å². The molecule has 1 aliphatic heterocycles. The molecular weight excluding hydrogens is 346 g/mol. The van der Waals surface area contributed by atoms with Crippen molar-refractivity contribution in [3.05, 3.63) is 46.8 Å². The molecule has 0 unspecified atom stereocenters. The van der Waals surface area contributed by atoms with Crippen molar-refractivity contribution < 1.29 is 9.32 Å². The van der Waals surface area contributed by atoms with E-state index in [0.717, 1.165) is 54.7 Å².